The van der Waals surface area contributed by atoms with Gasteiger partial charge in [-0.3, -0.25) is 4.99 Å². The van der Waals surface area contributed by atoms with Crippen LogP contribution in [0.3, 0.4) is 0 Å². The van der Waals surface area contributed by atoms with Gasteiger partial charge in [-0.05, 0) is 18.1 Å². The van der Waals surface area contributed by atoms with Crippen LogP contribution in [0.5, 0.6) is 0 Å². The molecule has 92 valence electrons. The second-order valence-corrected chi connectivity index (χ2v) is 4.29. The zero-order valence-corrected chi connectivity index (χ0v) is 10.4. The fourth-order valence-electron chi connectivity index (χ4n) is 1.87. The average molecular weight is 233 g/mol. The third-order valence-electron chi connectivity index (χ3n) is 2.77. The zero-order valence-electron chi connectivity index (χ0n) is 10.4. The first-order valence-electron chi connectivity index (χ1n) is 5.90. The van der Waals surface area contributed by atoms with E-state index in [0.29, 0.717) is 12.6 Å². The van der Waals surface area contributed by atoms with Crippen molar-refractivity contribution in [2.75, 3.05) is 13.7 Å². The van der Waals surface area contributed by atoms with Gasteiger partial charge >= 0.3 is 0 Å². The number of nitrogens with zero attached hydrogens (tertiary/aromatic N) is 1. The van der Waals surface area contributed by atoms with E-state index in [1.807, 2.05) is 12.1 Å². The standard InChI is InChI=1S/C13H19N3O/c1-10-7-14-13(16-10)15-8-11-5-3-4-6-12(11)9-17-2/h3-6,10H,7-9H2,1-2H3,(H2,14,15,16). The zero-order chi connectivity index (χ0) is 12.1. The van der Waals surface area contributed by atoms with Gasteiger partial charge in [-0.25, -0.2) is 0 Å². The summed E-state index contributed by atoms with van der Waals surface area (Å²) in [6.45, 7) is 4.39. The molecule has 4 heteroatoms. The second-order valence-electron chi connectivity index (χ2n) is 4.29. The highest BCUT2D eigenvalue weighted by Gasteiger charge is 2.11. The third kappa shape index (κ3) is 3.20. The van der Waals surface area contributed by atoms with Gasteiger partial charge in [0.15, 0.2) is 5.96 Å². The van der Waals surface area contributed by atoms with Crippen LogP contribution >= 0.6 is 0 Å². The fourth-order valence-corrected chi connectivity index (χ4v) is 1.87. The number of nitrogens with one attached hydrogen (secondary N) is 2. The highest BCUT2D eigenvalue weighted by molar-refractivity contribution is 5.81. The first-order valence-corrected chi connectivity index (χ1v) is 5.90. The average Bonchev–Trinajstić information content (AvgIpc) is 2.74. The van der Waals surface area contributed by atoms with Gasteiger partial charge in [0.25, 0.3) is 0 Å². The Bertz CT molecular complexity index is 403. The summed E-state index contributed by atoms with van der Waals surface area (Å²) in [6, 6.07) is 8.72. The summed E-state index contributed by atoms with van der Waals surface area (Å²) in [5, 5.41) is 6.59. The molecule has 2 rings (SSSR count). The molecule has 0 saturated carbocycles. The molecule has 0 spiro atoms. The molecule has 1 atom stereocenters. The number of hydrogen-bond acceptors (Lipinski definition) is 4. The van der Waals surface area contributed by atoms with E-state index in [1.165, 1.54) is 11.1 Å². The van der Waals surface area contributed by atoms with E-state index in [0.717, 1.165) is 19.0 Å². The molecule has 1 aliphatic rings. The number of methoxy groups -OCH3 is 1. The van der Waals surface area contributed by atoms with Gasteiger partial charge in [-0.1, -0.05) is 24.3 Å². The number of hydrogen-bond donors (Lipinski definition) is 2. The first kappa shape index (κ1) is 11.9. The highest BCUT2D eigenvalue weighted by atomic mass is 16.5. The maximum atomic E-state index is 5.18. The van der Waals surface area contributed by atoms with Crippen molar-refractivity contribution < 1.29 is 4.74 Å². The summed E-state index contributed by atoms with van der Waals surface area (Å²) < 4.78 is 5.18. The summed E-state index contributed by atoms with van der Waals surface area (Å²) in [7, 11) is 1.72. The van der Waals surface area contributed by atoms with Crippen LogP contribution in [0.25, 0.3) is 0 Å². The Morgan fingerprint density at radius 2 is 2.18 bits per heavy atom. The normalized spacial score (nSPS) is 18.7. The molecule has 0 aliphatic carbocycles. The van der Waals surface area contributed by atoms with Crippen LogP contribution in [0, 0.1) is 0 Å². The monoisotopic (exact) mass is 233 g/mol. The molecule has 1 aromatic rings. The Kier molecular flexibility index (Phi) is 3.98. The van der Waals surface area contributed by atoms with Gasteiger partial charge in [-0.2, -0.15) is 0 Å². The van der Waals surface area contributed by atoms with Crippen molar-refractivity contribution in [1.29, 1.82) is 0 Å². The maximum Gasteiger partial charge on any atom is 0.191 e. The van der Waals surface area contributed by atoms with E-state index in [9.17, 15) is 0 Å². The van der Waals surface area contributed by atoms with Crippen LogP contribution < -0.4 is 10.6 Å². The lowest BCUT2D eigenvalue weighted by atomic mass is 10.1. The molecule has 4 nitrogen and oxygen atoms in total. The molecule has 2 N–H and O–H groups in total. The Morgan fingerprint density at radius 3 is 2.82 bits per heavy atom. The minimum absolute atomic E-state index is 0.437. The predicted molar refractivity (Wildman–Crippen MR) is 68.9 cm³/mol. The van der Waals surface area contributed by atoms with Crippen molar-refractivity contribution in [3.8, 4) is 0 Å². The Hall–Kier alpha value is -1.55. The summed E-state index contributed by atoms with van der Waals surface area (Å²) >= 11 is 0. The van der Waals surface area contributed by atoms with Crippen molar-refractivity contribution in [2.45, 2.75) is 26.1 Å². The Balaban J connectivity index is 1.94. The molecular formula is C13H19N3O. The molecular weight excluding hydrogens is 214 g/mol. The summed E-state index contributed by atoms with van der Waals surface area (Å²) in [4.78, 5) is 4.37. The SMILES string of the molecule is COCc1ccccc1CNC1=NCC(C)N1. The lowest BCUT2D eigenvalue weighted by molar-refractivity contribution is 0.184. The predicted octanol–water partition coefficient (Wildman–Crippen LogP) is 1.27. The van der Waals surface area contributed by atoms with Crippen molar-refractivity contribution >= 4 is 5.96 Å². The molecule has 1 heterocycles. The molecule has 1 aromatic carbocycles. The van der Waals surface area contributed by atoms with E-state index in [4.69, 9.17) is 4.74 Å². The largest absolute Gasteiger partial charge is 0.380 e. The van der Waals surface area contributed by atoms with Crippen LogP contribution in [-0.4, -0.2) is 25.7 Å². The highest BCUT2D eigenvalue weighted by Crippen LogP contribution is 2.09. The lowest BCUT2D eigenvalue weighted by Gasteiger charge is -2.11. The van der Waals surface area contributed by atoms with Gasteiger partial charge in [-0.15, -0.1) is 0 Å². The first-order chi connectivity index (χ1) is 8.29. The minimum atomic E-state index is 0.437. The Morgan fingerprint density at radius 1 is 1.41 bits per heavy atom. The number of benzene rings is 1. The second kappa shape index (κ2) is 5.68. The molecule has 1 unspecified atom stereocenters. The van der Waals surface area contributed by atoms with Crippen LogP contribution in [-0.2, 0) is 17.9 Å². The van der Waals surface area contributed by atoms with Crippen LogP contribution in [0.1, 0.15) is 18.1 Å². The molecule has 0 aromatic heterocycles. The summed E-state index contributed by atoms with van der Waals surface area (Å²) in [5.74, 6) is 0.893. The maximum absolute atomic E-state index is 5.18. The molecule has 0 amide bonds. The summed E-state index contributed by atoms with van der Waals surface area (Å²) in [5.41, 5.74) is 2.47. The number of rotatable bonds is 4. The smallest absolute Gasteiger partial charge is 0.191 e. The van der Waals surface area contributed by atoms with E-state index in [1.54, 1.807) is 7.11 Å². The van der Waals surface area contributed by atoms with E-state index >= 15 is 0 Å². The van der Waals surface area contributed by atoms with Crippen LogP contribution in [0.4, 0.5) is 0 Å². The van der Waals surface area contributed by atoms with Gasteiger partial charge in [0.1, 0.15) is 0 Å². The van der Waals surface area contributed by atoms with Gasteiger partial charge in [0.05, 0.1) is 13.2 Å². The van der Waals surface area contributed by atoms with E-state index in [2.05, 4.69) is 34.7 Å². The topological polar surface area (TPSA) is 45.6 Å². The van der Waals surface area contributed by atoms with Crippen molar-refractivity contribution in [1.82, 2.24) is 10.6 Å². The third-order valence-corrected chi connectivity index (χ3v) is 2.77. The quantitative estimate of drug-likeness (QED) is 0.823. The van der Waals surface area contributed by atoms with Crippen LogP contribution in [0.2, 0.25) is 0 Å². The van der Waals surface area contributed by atoms with Gasteiger partial charge < -0.3 is 15.4 Å². The number of ether oxygens (including phenoxy) is 1. The van der Waals surface area contributed by atoms with Crippen LogP contribution in [0.15, 0.2) is 29.3 Å². The molecule has 0 fully saturated rings. The molecule has 0 saturated heterocycles. The number of aliphatic imine (C=N–C) groups is 1. The minimum Gasteiger partial charge on any atom is -0.380 e. The lowest BCUT2D eigenvalue weighted by Crippen LogP contribution is -2.37. The van der Waals surface area contributed by atoms with Gasteiger partial charge in [0, 0.05) is 19.7 Å². The molecule has 1 aliphatic heterocycles. The Labute approximate surface area is 102 Å². The van der Waals surface area contributed by atoms with E-state index in [-0.39, 0.29) is 0 Å². The summed E-state index contributed by atoms with van der Waals surface area (Å²) in [6.07, 6.45) is 0. The molecule has 0 bridgehead atoms. The van der Waals surface area contributed by atoms with Crippen molar-refractivity contribution in [2.24, 2.45) is 4.99 Å². The number of guanidine groups is 1. The van der Waals surface area contributed by atoms with Crippen molar-refractivity contribution in [3.05, 3.63) is 35.4 Å². The van der Waals surface area contributed by atoms with E-state index < -0.39 is 0 Å². The molecule has 0 radical (unpaired) electrons. The molecule has 17 heavy (non-hydrogen) atoms. The fraction of sp³-hybridized carbons (Fsp3) is 0.462. The van der Waals surface area contributed by atoms with Gasteiger partial charge in [0.2, 0.25) is 0 Å². The van der Waals surface area contributed by atoms with Crippen molar-refractivity contribution in [3.63, 3.8) is 0 Å².